The average Bonchev–Trinajstić information content (AvgIpc) is 3.32. The van der Waals surface area contributed by atoms with Crippen molar-refractivity contribution in [3.8, 4) is 11.3 Å². The number of aromatic amines is 1. The summed E-state index contributed by atoms with van der Waals surface area (Å²) < 4.78 is 13.4. The molecule has 2 aromatic heterocycles. The van der Waals surface area contributed by atoms with Gasteiger partial charge in [0.15, 0.2) is 0 Å². The number of nitrogens with zero attached hydrogens (tertiary/aromatic N) is 4. The molecular weight excluding hydrogens is 397 g/mol. The van der Waals surface area contributed by atoms with Crippen LogP contribution >= 0.6 is 0 Å². The molecule has 2 N–H and O–H groups in total. The molecule has 162 valence electrons. The second kappa shape index (κ2) is 9.26. The smallest absolute Gasteiger partial charge is 0.257 e. The van der Waals surface area contributed by atoms with Crippen molar-refractivity contribution < 1.29 is 14.3 Å². The van der Waals surface area contributed by atoms with Crippen molar-refractivity contribution in [2.45, 2.75) is 19.4 Å². The topological polar surface area (TPSA) is 85.4 Å². The summed E-state index contributed by atoms with van der Waals surface area (Å²) in [5, 5.41) is 9.66. The van der Waals surface area contributed by atoms with Gasteiger partial charge in [-0.25, -0.2) is 14.4 Å². The summed E-state index contributed by atoms with van der Waals surface area (Å²) >= 11 is 0. The predicted molar refractivity (Wildman–Crippen MR) is 116 cm³/mol. The highest BCUT2D eigenvalue weighted by Crippen LogP contribution is 2.29. The molecule has 0 bridgehead atoms. The van der Waals surface area contributed by atoms with E-state index in [1.165, 1.54) is 12.1 Å². The number of H-pyrrole nitrogens is 1. The minimum Gasteiger partial charge on any atom is -0.396 e. The lowest BCUT2D eigenvalue weighted by Crippen LogP contribution is -2.39. The standard InChI is InChI=1S/C23H26FN5O2/c1-28(14-21-25-10-11-26-21)23(31)19-8-9-20(17-4-6-18(24)7-5-17)27-22(19)29-12-2-3-16(13-29)15-30/h4-11,16,30H,2-3,12-15H2,1H3,(H,25,26). The maximum atomic E-state index is 13.4. The van der Waals surface area contributed by atoms with Crippen LogP contribution in [0.3, 0.4) is 0 Å². The summed E-state index contributed by atoms with van der Waals surface area (Å²) in [7, 11) is 1.73. The number of aliphatic hydroxyl groups is 1. The fourth-order valence-corrected chi connectivity index (χ4v) is 3.93. The molecule has 1 aliphatic rings. The van der Waals surface area contributed by atoms with Crippen LogP contribution in [0.25, 0.3) is 11.3 Å². The van der Waals surface area contributed by atoms with Gasteiger partial charge < -0.3 is 19.9 Å². The summed E-state index contributed by atoms with van der Waals surface area (Å²) in [4.78, 5) is 29.0. The first kappa shape index (κ1) is 21.0. The lowest BCUT2D eigenvalue weighted by molar-refractivity contribution is 0.0782. The first-order chi connectivity index (χ1) is 15.0. The van der Waals surface area contributed by atoms with Crippen LogP contribution in [0.1, 0.15) is 29.0 Å². The number of benzene rings is 1. The van der Waals surface area contributed by atoms with E-state index in [9.17, 15) is 14.3 Å². The highest BCUT2D eigenvalue weighted by Gasteiger charge is 2.26. The van der Waals surface area contributed by atoms with E-state index in [1.54, 1.807) is 48.6 Å². The van der Waals surface area contributed by atoms with E-state index in [0.717, 1.165) is 24.9 Å². The number of carbonyl (C=O) groups is 1. The number of pyridine rings is 1. The molecule has 1 unspecified atom stereocenters. The van der Waals surface area contributed by atoms with Gasteiger partial charge in [-0.05, 0) is 55.2 Å². The zero-order valence-electron chi connectivity index (χ0n) is 17.5. The summed E-state index contributed by atoms with van der Waals surface area (Å²) in [5.41, 5.74) is 1.95. The minimum absolute atomic E-state index is 0.107. The molecule has 7 nitrogen and oxygen atoms in total. The zero-order chi connectivity index (χ0) is 21.8. The zero-order valence-corrected chi connectivity index (χ0v) is 17.5. The van der Waals surface area contributed by atoms with E-state index in [0.29, 0.717) is 36.0 Å². The Morgan fingerprint density at radius 2 is 2.10 bits per heavy atom. The van der Waals surface area contributed by atoms with Crippen LogP contribution in [-0.4, -0.2) is 57.6 Å². The molecule has 1 fully saturated rings. The maximum absolute atomic E-state index is 13.4. The fraction of sp³-hybridized carbons (Fsp3) is 0.348. The summed E-state index contributed by atoms with van der Waals surface area (Å²) in [6.07, 6.45) is 5.25. The van der Waals surface area contributed by atoms with Gasteiger partial charge in [0.05, 0.1) is 17.8 Å². The van der Waals surface area contributed by atoms with Crippen molar-refractivity contribution in [2.75, 3.05) is 31.6 Å². The van der Waals surface area contributed by atoms with E-state index >= 15 is 0 Å². The maximum Gasteiger partial charge on any atom is 0.257 e. The van der Waals surface area contributed by atoms with Crippen molar-refractivity contribution in [3.05, 3.63) is 66.0 Å². The van der Waals surface area contributed by atoms with Crippen LogP contribution < -0.4 is 4.90 Å². The molecule has 3 heterocycles. The normalized spacial score (nSPS) is 16.4. The van der Waals surface area contributed by atoms with Gasteiger partial charge in [0.25, 0.3) is 5.91 Å². The van der Waals surface area contributed by atoms with Crippen LogP contribution in [0.15, 0.2) is 48.8 Å². The molecule has 1 amide bonds. The molecule has 1 aromatic carbocycles. The van der Waals surface area contributed by atoms with Gasteiger partial charge in [0.2, 0.25) is 0 Å². The second-order valence-corrected chi connectivity index (χ2v) is 7.91. The number of hydrogen-bond acceptors (Lipinski definition) is 5. The number of rotatable bonds is 6. The van der Waals surface area contributed by atoms with Gasteiger partial charge in [-0.2, -0.15) is 0 Å². The Kier molecular flexibility index (Phi) is 6.27. The molecule has 0 radical (unpaired) electrons. The number of nitrogens with one attached hydrogen (secondary N) is 1. The monoisotopic (exact) mass is 423 g/mol. The molecule has 0 spiro atoms. The molecule has 1 saturated heterocycles. The Bertz CT molecular complexity index is 1020. The Morgan fingerprint density at radius 1 is 1.29 bits per heavy atom. The molecule has 1 atom stereocenters. The number of imidazole rings is 1. The Labute approximate surface area is 180 Å². The molecule has 8 heteroatoms. The molecule has 31 heavy (non-hydrogen) atoms. The molecular formula is C23H26FN5O2. The van der Waals surface area contributed by atoms with Gasteiger partial charge >= 0.3 is 0 Å². The minimum atomic E-state index is -0.308. The van der Waals surface area contributed by atoms with Crippen LogP contribution in [0.2, 0.25) is 0 Å². The number of amides is 1. The summed E-state index contributed by atoms with van der Waals surface area (Å²) in [6.45, 7) is 1.86. The SMILES string of the molecule is CN(Cc1ncc[nH]1)C(=O)c1ccc(-c2ccc(F)cc2)nc1N1CCCC(CO)C1. The number of anilines is 1. The number of aromatic nitrogens is 3. The summed E-state index contributed by atoms with van der Waals surface area (Å²) in [6, 6.07) is 9.73. The van der Waals surface area contributed by atoms with Gasteiger partial charge in [-0.3, -0.25) is 4.79 Å². The number of aliphatic hydroxyl groups excluding tert-OH is 1. The fourth-order valence-electron chi connectivity index (χ4n) is 3.93. The Morgan fingerprint density at radius 3 is 2.81 bits per heavy atom. The van der Waals surface area contributed by atoms with Gasteiger partial charge in [-0.1, -0.05) is 0 Å². The summed E-state index contributed by atoms with van der Waals surface area (Å²) in [5.74, 6) is 0.976. The first-order valence-corrected chi connectivity index (χ1v) is 10.4. The average molecular weight is 423 g/mol. The van der Waals surface area contributed by atoms with Crippen molar-refractivity contribution in [2.24, 2.45) is 5.92 Å². The first-order valence-electron chi connectivity index (χ1n) is 10.4. The molecule has 4 rings (SSSR count). The number of piperidine rings is 1. The number of hydrogen-bond donors (Lipinski definition) is 2. The molecule has 0 aliphatic carbocycles. The van der Waals surface area contributed by atoms with Crippen molar-refractivity contribution in [1.82, 2.24) is 19.9 Å². The molecule has 3 aromatic rings. The van der Waals surface area contributed by atoms with Crippen molar-refractivity contribution in [3.63, 3.8) is 0 Å². The Balaban J connectivity index is 1.69. The van der Waals surface area contributed by atoms with Crippen LogP contribution in [0, 0.1) is 11.7 Å². The van der Waals surface area contributed by atoms with Crippen molar-refractivity contribution >= 4 is 11.7 Å². The quantitative estimate of drug-likeness (QED) is 0.636. The number of halogens is 1. The Hall–Kier alpha value is -3.26. The van der Waals surface area contributed by atoms with E-state index < -0.39 is 0 Å². The third kappa shape index (κ3) is 4.74. The largest absolute Gasteiger partial charge is 0.396 e. The van der Waals surface area contributed by atoms with E-state index in [4.69, 9.17) is 4.98 Å². The number of carbonyl (C=O) groups excluding carboxylic acids is 1. The molecule has 1 aliphatic heterocycles. The van der Waals surface area contributed by atoms with E-state index in [1.807, 2.05) is 0 Å². The van der Waals surface area contributed by atoms with Gasteiger partial charge in [0, 0.05) is 44.7 Å². The van der Waals surface area contributed by atoms with E-state index in [-0.39, 0.29) is 24.2 Å². The van der Waals surface area contributed by atoms with Crippen molar-refractivity contribution in [1.29, 1.82) is 0 Å². The van der Waals surface area contributed by atoms with Gasteiger partial charge in [-0.15, -0.1) is 0 Å². The lowest BCUT2D eigenvalue weighted by atomic mass is 9.98. The van der Waals surface area contributed by atoms with Gasteiger partial charge in [0.1, 0.15) is 17.5 Å². The highest BCUT2D eigenvalue weighted by molar-refractivity contribution is 5.99. The third-order valence-electron chi connectivity index (χ3n) is 5.61. The van der Waals surface area contributed by atoms with Crippen LogP contribution in [0.5, 0.6) is 0 Å². The van der Waals surface area contributed by atoms with Crippen LogP contribution in [0.4, 0.5) is 10.2 Å². The highest BCUT2D eigenvalue weighted by atomic mass is 19.1. The van der Waals surface area contributed by atoms with Crippen LogP contribution in [-0.2, 0) is 6.54 Å². The second-order valence-electron chi connectivity index (χ2n) is 7.91. The lowest BCUT2D eigenvalue weighted by Gasteiger charge is -2.34. The third-order valence-corrected chi connectivity index (χ3v) is 5.61. The predicted octanol–water partition coefficient (Wildman–Crippen LogP) is 3.09. The van der Waals surface area contributed by atoms with E-state index in [2.05, 4.69) is 14.9 Å². The molecule has 0 saturated carbocycles.